The monoisotopic (exact) mass is 410 g/mol. The van der Waals surface area contributed by atoms with Crippen molar-refractivity contribution < 1.29 is 30.9 Å². The fourth-order valence-corrected chi connectivity index (χ4v) is 3.55. The van der Waals surface area contributed by atoms with Crippen molar-refractivity contribution >= 4 is 10.1 Å². The molecule has 0 heterocycles. The third-order valence-corrected chi connectivity index (χ3v) is 5.34. The second kappa shape index (κ2) is 11.5. The Morgan fingerprint density at radius 1 is 0.815 bits per heavy atom. The molecule has 0 atom stereocenters. The standard InChI is InChI=1S/C19H29F3O4S/c1-3-4-5-6-7-8-9-10-11-12-13-26-18-16(21)14(2)15(20)17(22)19(18)27(23,24)25/h3-13H2,1-2H3,(H,23,24,25). The van der Waals surface area contributed by atoms with Gasteiger partial charge >= 0.3 is 10.1 Å². The van der Waals surface area contributed by atoms with Gasteiger partial charge in [0.15, 0.2) is 28.1 Å². The van der Waals surface area contributed by atoms with Crippen LogP contribution in [-0.2, 0) is 10.1 Å². The number of benzene rings is 1. The number of hydrogen-bond acceptors (Lipinski definition) is 3. The summed E-state index contributed by atoms with van der Waals surface area (Å²) < 4.78 is 78.3. The van der Waals surface area contributed by atoms with Gasteiger partial charge in [0.05, 0.1) is 6.61 Å². The molecule has 27 heavy (non-hydrogen) atoms. The molecule has 4 nitrogen and oxygen atoms in total. The van der Waals surface area contributed by atoms with Gasteiger partial charge in [-0.3, -0.25) is 4.55 Å². The van der Waals surface area contributed by atoms with Crippen LogP contribution in [0.25, 0.3) is 0 Å². The lowest BCUT2D eigenvalue weighted by Gasteiger charge is -2.14. The predicted molar refractivity (Wildman–Crippen MR) is 98.2 cm³/mol. The van der Waals surface area contributed by atoms with Crippen molar-refractivity contribution in [3.05, 3.63) is 23.0 Å². The van der Waals surface area contributed by atoms with Crippen molar-refractivity contribution in [1.82, 2.24) is 0 Å². The molecule has 156 valence electrons. The lowest BCUT2D eigenvalue weighted by Crippen LogP contribution is -2.12. The van der Waals surface area contributed by atoms with Gasteiger partial charge in [-0.2, -0.15) is 8.42 Å². The highest BCUT2D eigenvalue weighted by atomic mass is 32.2. The second-order valence-corrected chi connectivity index (χ2v) is 8.09. The van der Waals surface area contributed by atoms with Gasteiger partial charge in [0, 0.05) is 5.56 Å². The van der Waals surface area contributed by atoms with E-state index in [-0.39, 0.29) is 6.61 Å². The molecule has 0 bridgehead atoms. The molecule has 1 aromatic rings. The first kappa shape index (κ1) is 23.8. The van der Waals surface area contributed by atoms with Crippen molar-refractivity contribution in [2.24, 2.45) is 0 Å². The van der Waals surface area contributed by atoms with Gasteiger partial charge in [-0.15, -0.1) is 0 Å². The zero-order chi connectivity index (χ0) is 20.4. The highest BCUT2D eigenvalue weighted by Gasteiger charge is 2.31. The molecule has 1 aromatic carbocycles. The molecule has 0 unspecified atom stereocenters. The zero-order valence-electron chi connectivity index (χ0n) is 16.0. The summed E-state index contributed by atoms with van der Waals surface area (Å²) in [5, 5.41) is 0. The second-order valence-electron chi connectivity index (χ2n) is 6.73. The number of rotatable bonds is 13. The molecule has 0 fully saturated rings. The Hall–Kier alpha value is -1.28. The van der Waals surface area contributed by atoms with Crippen LogP contribution in [0.15, 0.2) is 4.90 Å². The summed E-state index contributed by atoms with van der Waals surface area (Å²) in [6.07, 6.45) is 10.7. The molecule has 0 aliphatic rings. The molecule has 8 heteroatoms. The number of halogens is 3. The summed E-state index contributed by atoms with van der Waals surface area (Å²) in [7, 11) is -5.17. The van der Waals surface area contributed by atoms with Crippen LogP contribution in [0.4, 0.5) is 13.2 Å². The maximum Gasteiger partial charge on any atom is 0.301 e. The molecule has 0 amide bonds. The molecule has 0 aliphatic heterocycles. The summed E-state index contributed by atoms with van der Waals surface area (Å²) in [6.45, 7) is 3.09. The topological polar surface area (TPSA) is 63.6 Å². The molecule has 0 spiro atoms. The average Bonchev–Trinajstić information content (AvgIpc) is 2.60. The van der Waals surface area contributed by atoms with Crippen LogP contribution in [0.1, 0.15) is 76.7 Å². The van der Waals surface area contributed by atoms with Gasteiger partial charge in [-0.25, -0.2) is 13.2 Å². The van der Waals surface area contributed by atoms with Crippen LogP contribution in [0.2, 0.25) is 0 Å². The van der Waals surface area contributed by atoms with E-state index in [0.29, 0.717) is 6.42 Å². The molecule has 0 saturated heterocycles. The highest BCUT2D eigenvalue weighted by Crippen LogP contribution is 2.34. The molecule has 0 radical (unpaired) electrons. The van der Waals surface area contributed by atoms with Crippen molar-refractivity contribution in [2.45, 2.75) is 83.0 Å². The molecule has 1 rings (SSSR count). The number of hydrogen-bond donors (Lipinski definition) is 1. The van der Waals surface area contributed by atoms with Gasteiger partial charge in [0.2, 0.25) is 0 Å². The minimum Gasteiger partial charge on any atom is -0.489 e. The van der Waals surface area contributed by atoms with Crippen LogP contribution in [0.3, 0.4) is 0 Å². The molecule has 0 aliphatic carbocycles. The van der Waals surface area contributed by atoms with E-state index in [4.69, 9.17) is 9.29 Å². The Labute approximate surface area is 159 Å². The van der Waals surface area contributed by atoms with Crippen molar-refractivity contribution in [3.63, 3.8) is 0 Å². The van der Waals surface area contributed by atoms with Crippen molar-refractivity contribution in [1.29, 1.82) is 0 Å². The minimum absolute atomic E-state index is 0.0551. The fraction of sp³-hybridized carbons (Fsp3) is 0.684. The molecular formula is C19H29F3O4S. The van der Waals surface area contributed by atoms with Crippen LogP contribution in [0, 0.1) is 24.4 Å². The first-order chi connectivity index (χ1) is 12.7. The fourth-order valence-electron chi connectivity index (χ4n) is 2.85. The molecule has 0 aromatic heterocycles. The van der Waals surface area contributed by atoms with E-state index in [1.807, 2.05) is 0 Å². The maximum atomic E-state index is 14.1. The smallest absolute Gasteiger partial charge is 0.301 e. The van der Waals surface area contributed by atoms with E-state index in [9.17, 15) is 21.6 Å². The van der Waals surface area contributed by atoms with Gasteiger partial charge in [0.25, 0.3) is 0 Å². The Morgan fingerprint density at radius 2 is 1.30 bits per heavy atom. The van der Waals surface area contributed by atoms with Crippen molar-refractivity contribution in [3.8, 4) is 5.75 Å². The molecule has 1 N–H and O–H groups in total. The lowest BCUT2D eigenvalue weighted by atomic mass is 10.1. The quantitative estimate of drug-likeness (QED) is 0.248. The first-order valence-corrected chi connectivity index (χ1v) is 10.9. The van der Waals surface area contributed by atoms with Gasteiger partial charge in [0.1, 0.15) is 0 Å². The van der Waals surface area contributed by atoms with Crippen molar-refractivity contribution in [2.75, 3.05) is 6.61 Å². The molecular weight excluding hydrogens is 381 g/mol. The average molecular weight is 410 g/mol. The number of unbranched alkanes of at least 4 members (excludes halogenated alkanes) is 9. The minimum atomic E-state index is -5.17. The molecule has 0 saturated carbocycles. The van der Waals surface area contributed by atoms with E-state index < -0.39 is 43.8 Å². The van der Waals surface area contributed by atoms with Gasteiger partial charge in [-0.05, 0) is 13.3 Å². The Balaban J connectivity index is 2.49. The van der Waals surface area contributed by atoms with E-state index in [2.05, 4.69) is 6.92 Å². The first-order valence-electron chi connectivity index (χ1n) is 9.49. The summed E-state index contributed by atoms with van der Waals surface area (Å²) in [5.41, 5.74) is -0.696. The van der Waals surface area contributed by atoms with Crippen LogP contribution in [-0.4, -0.2) is 19.6 Å². The summed E-state index contributed by atoms with van der Waals surface area (Å²) in [4.78, 5) is -1.49. The Morgan fingerprint density at radius 3 is 1.78 bits per heavy atom. The Bertz CT molecular complexity index is 706. The van der Waals surface area contributed by atoms with Crippen LogP contribution in [0.5, 0.6) is 5.75 Å². The van der Waals surface area contributed by atoms with E-state index >= 15 is 0 Å². The third-order valence-electron chi connectivity index (χ3n) is 4.46. The lowest BCUT2D eigenvalue weighted by molar-refractivity contribution is 0.272. The van der Waals surface area contributed by atoms with E-state index in [0.717, 1.165) is 32.6 Å². The van der Waals surface area contributed by atoms with E-state index in [1.165, 1.54) is 32.1 Å². The summed E-state index contributed by atoms with van der Waals surface area (Å²) >= 11 is 0. The largest absolute Gasteiger partial charge is 0.489 e. The maximum absolute atomic E-state index is 14.1. The van der Waals surface area contributed by atoms with Crippen LogP contribution >= 0.6 is 0 Å². The predicted octanol–water partition coefficient (Wildman–Crippen LogP) is 5.96. The number of ether oxygens (including phenoxy) is 1. The SMILES string of the molecule is CCCCCCCCCCCCOc1c(F)c(C)c(F)c(F)c1S(=O)(=O)O. The van der Waals surface area contributed by atoms with Crippen LogP contribution < -0.4 is 4.74 Å². The van der Waals surface area contributed by atoms with Gasteiger partial charge < -0.3 is 4.74 Å². The third kappa shape index (κ3) is 7.33. The van der Waals surface area contributed by atoms with E-state index in [1.54, 1.807) is 0 Å². The summed E-state index contributed by atoms with van der Waals surface area (Å²) in [5.74, 6) is -5.79. The van der Waals surface area contributed by atoms with Gasteiger partial charge in [-0.1, -0.05) is 64.7 Å². The highest BCUT2D eigenvalue weighted by molar-refractivity contribution is 7.86. The Kier molecular flexibility index (Phi) is 10.2. The zero-order valence-corrected chi connectivity index (χ0v) is 16.8. The normalized spacial score (nSPS) is 11.8. The summed E-state index contributed by atoms with van der Waals surface area (Å²) in [6, 6.07) is 0.